The van der Waals surface area contributed by atoms with Crippen LogP contribution in [0.3, 0.4) is 0 Å². The molecule has 0 saturated heterocycles. The number of hydrogen-bond acceptors (Lipinski definition) is 3. The zero-order valence-electron chi connectivity index (χ0n) is 17.1. The van der Waals surface area contributed by atoms with Gasteiger partial charge in [0.2, 0.25) is 0 Å². The van der Waals surface area contributed by atoms with E-state index in [4.69, 9.17) is 27.9 Å². The number of hydrogen-bond donors (Lipinski definition) is 1. The minimum absolute atomic E-state index is 0.0675. The summed E-state index contributed by atoms with van der Waals surface area (Å²) >= 11 is 12.7. The van der Waals surface area contributed by atoms with Crippen molar-refractivity contribution in [3.63, 3.8) is 0 Å². The van der Waals surface area contributed by atoms with Gasteiger partial charge in [0.05, 0.1) is 10.0 Å². The molecule has 0 unspecified atom stereocenters. The van der Waals surface area contributed by atoms with Gasteiger partial charge in [0.25, 0.3) is 5.91 Å². The molecule has 0 heterocycles. The first kappa shape index (κ1) is 22.4. The zero-order chi connectivity index (χ0) is 22.4. The summed E-state index contributed by atoms with van der Waals surface area (Å²) in [6.45, 7) is 4.24. The number of nitrogens with one attached hydrogen (secondary N) is 1. The number of ether oxygens (including phenoxy) is 1. The van der Waals surface area contributed by atoms with E-state index < -0.39 is 5.91 Å². The van der Waals surface area contributed by atoms with E-state index >= 15 is 0 Å². The van der Waals surface area contributed by atoms with Gasteiger partial charge in [0.1, 0.15) is 18.2 Å². The van der Waals surface area contributed by atoms with Crippen molar-refractivity contribution >= 4 is 40.9 Å². The lowest BCUT2D eigenvalue weighted by atomic mass is 10.1. The van der Waals surface area contributed by atoms with E-state index in [-0.39, 0.29) is 5.57 Å². The first-order valence-corrected chi connectivity index (χ1v) is 10.3. The largest absolute Gasteiger partial charge is 0.486 e. The molecule has 6 heteroatoms. The molecule has 3 aromatic rings. The summed E-state index contributed by atoms with van der Waals surface area (Å²) < 4.78 is 5.80. The lowest BCUT2D eigenvalue weighted by Gasteiger charge is -2.11. The smallest absolute Gasteiger partial charge is 0.266 e. The fourth-order valence-electron chi connectivity index (χ4n) is 2.99. The number of aryl methyl sites for hydroxylation is 2. The highest BCUT2D eigenvalue weighted by Gasteiger charge is 2.13. The molecule has 0 aromatic heterocycles. The standard InChI is InChI=1S/C25H20Cl2N2O2/c1-16-5-3-7-18(9-16)15-31-24-22(26)12-19(13-23(24)27)11-20(14-28)25(30)29-21-8-4-6-17(2)10-21/h3-13H,15H2,1-2H3,(H,29,30)/b20-11-. The van der Waals surface area contributed by atoms with Crippen LogP contribution in [0.25, 0.3) is 6.08 Å². The molecule has 156 valence electrons. The zero-order valence-corrected chi connectivity index (χ0v) is 18.6. The lowest BCUT2D eigenvalue weighted by molar-refractivity contribution is -0.112. The first-order valence-electron chi connectivity index (χ1n) is 9.53. The molecule has 0 aliphatic rings. The molecule has 0 spiro atoms. The van der Waals surface area contributed by atoms with Gasteiger partial charge in [0.15, 0.2) is 5.75 Å². The predicted octanol–water partition coefficient (Wildman–Crippen LogP) is 6.73. The number of nitrogens with zero attached hydrogens (tertiary/aromatic N) is 1. The van der Waals surface area contributed by atoms with Gasteiger partial charge in [-0.25, -0.2) is 0 Å². The number of carbonyl (C=O) groups excluding carboxylic acids is 1. The summed E-state index contributed by atoms with van der Waals surface area (Å²) in [5.74, 6) is -0.162. The van der Waals surface area contributed by atoms with Crippen molar-refractivity contribution in [1.29, 1.82) is 5.26 Å². The molecule has 4 nitrogen and oxygen atoms in total. The molecular formula is C25H20Cl2N2O2. The quantitative estimate of drug-likeness (QED) is 0.334. The second-order valence-corrected chi connectivity index (χ2v) is 7.90. The van der Waals surface area contributed by atoms with Crippen LogP contribution in [0.1, 0.15) is 22.3 Å². The summed E-state index contributed by atoms with van der Waals surface area (Å²) in [5.41, 5.74) is 4.19. The van der Waals surface area contributed by atoms with Crippen molar-refractivity contribution in [3.8, 4) is 11.8 Å². The number of amides is 1. The van der Waals surface area contributed by atoms with Crippen molar-refractivity contribution in [1.82, 2.24) is 0 Å². The third-order valence-electron chi connectivity index (χ3n) is 4.44. The van der Waals surface area contributed by atoms with Crippen LogP contribution in [0.4, 0.5) is 5.69 Å². The molecule has 0 fully saturated rings. The topological polar surface area (TPSA) is 62.1 Å². The predicted molar refractivity (Wildman–Crippen MR) is 125 cm³/mol. The highest BCUT2D eigenvalue weighted by Crippen LogP contribution is 2.35. The van der Waals surface area contributed by atoms with Crippen LogP contribution in [-0.4, -0.2) is 5.91 Å². The normalized spacial score (nSPS) is 11.0. The van der Waals surface area contributed by atoms with Gasteiger partial charge in [-0.2, -0.15) is 5.26 Å². The Morgan fingerprint density at radius 2 is 1.68 bits per heavy atom. The fourth-order valence-corrected chi connectivity index (χ4v) is 3.61. The Morgan fingerprint density at radius 1 is 1.03 bits per heavy atom. The number of halogens is 2. The fraction of sp³-hybridized carbons (Fsp3) is 0.120. The Morgan fingerprint density at radius 3 is 2.29 bits per heavy atom. The van der Waals surface area contributed by atoms with Gasteiger partial charge < -0.3 is 10.1 Å². The maximum atomic E-state index is 12.5. The monoisotopic (exact) mass is 450 g/mol. The van der Waals surface area contributed by atoms with Crippen molar-refractivity contribution < 1.29 is 9.53 Å². The molecule has 0 bridgehead atoms. The molecule has 31 heavy (non-hydrogen) atoms. The average molecular weight is 451 g/mol. The van der Waals surface area contributed by atoms with Gasteiger partial charge in [-0.3, -0.25) is 4.79 Å². The van der Waals surface area contributed by atoms with Crippen molar-refractivity contribution in [2.45, 2.75) is 20.5 Å². The van der Waals surface area contributed by atoms with Crippen molar-refractivity contribution in [2.75, 3.05) is 5.32 Å². The molecule has 0 aliphatic carbocycles. The van der Waals surface area contributed by atoms with Crippen LogP contribution in [0.5, 0.6) is 5.75 Å². The first-order chi connectivity index (χ1) is 14.9. The third kappa shape index (κ3) is 6.11. The summed E-state index contributed by atoms with van der Waals surface area (Å²) in [5, 5.41) is 12.8. The molecule has 3 rings (SSSR count). The van der Waals surface area contributed by atoms with Gasteiger partial charge in [0, 0.05) is 5.69 Å². The number of rotatable bonds is 6. The number of benzene rings is 3. The van der Waals surface area contributed by atoms with E-state index in [0.29, 0.717) is 33.7 Å². The van der Waals surface area contributed by atoms with E-state index in [1.165, 1.54) is 6.08 Å². The van der Waals surface area contributed by atoms with E-state index in [1.807, 2.05) is 62.4 Å². The minimum Gasteiger partial charge on any atom is -0.486 e. The Kier molecular flexibility index (Phi) is 7.36. The van der Waals surface area contributed by atoms with Gasteiger partial charge >= 0.3 is 0 Å². The van der Waals surface area contributed by atoms with Gasteiger partial charge in [-0.1, -0.05) is 65.2 Å². The molecule has 0 radical (unpaired) electrons. The van der Waals surface area contributed by atoms with Gasteiger partial charge in [-0.05, 0) is 60.9 Å². The molecule has 3 aromatic carbocycles. The van der Waals surface area contributed by atoms with Gasteiger partial charge in [-0.15, -0.1) is 0 Å². The SMILES string of the molecule is Cc1cccc(COc2c(Cl)cc(/C=C(/C#N)C(=O)Nc3cccc(C)c3)cc2Cl)c1. The summed E-state index contributed by atoms with van der Waals surface area (Å²) in [6, 6.07) is 20.4. The highest BCUT2D eigenvalue weighted by molar-refractivity contribution is 6.37. The second-order valence-electron chi connectivity index (χ2n) is 7.08. The maximum absolute atomic E-state index is 12.5. The van der Waals surface area contributed by atoms with Crippen molar-refractivity contribution in [3.05, 3.63) is 98.5 Å². The molecular weight excluding hydrogens is 431 g/mol. The maximum Gasteiger partial charge on any atom is 0.266 e. The van der Waals surface area contributed by atoms with Crippen LogP contribution < -0.4 is 10.1 Å². The van der Waals surface area contributed by atoms with E-state index in [2.05, 4.69) is 5.32 Å². The number of nitriles is 1. The minimum atomic E-state index is -0.514. The number of anilines is 1. The molecule has 0 atom stereocenters. The molecule has 0 saturated carbocycles. The Bertz CT molecular complexity index is 1170. The van der Waals surface area contributed by atoms with Crippen LogP contribution >= 0.6 is 23.2 Å². The van der Waals surface area contributed by atoms with Crippen LogP contribution in [-0.2, 0) is 11.4 Å². The summed E-state index contributed by atoms with van der Waals surface area (Å²) in [6.07, 6.45) is 1.44. The molecule has 1 amide bonds. The van der Waals surface area contributed by atoms with E-state index in [0.717, 1.165) is 16.7 Å². The highest BCUT2D eigenvalue weighted by atomic mass is 35.5. The average Bonchev–Trinajstić information content (AvgIpc) is 2.71. The third-order valence-corrected chi connectivity index (χ3v) is 5.00. The summed E-state index contributed by atoms with van der Waals surface area (Å²) in [7, 11) is 0. The Hall–Kier alpha value is -3.26. The molecule has 1 N–H and O–H groups in total. The van der Waals surface area contributed by atoms with Crippen LogP contribution in [0.2, 0.25) is 10.0 Å². The Balaban J connectivity index is 1.77. The van der Waals surface area contributed by atoms with Crippen LogP contribution in [0, 0.1) is 25.2 Å². The molecule has 0 aliphatic heterocycles. The van der Waals surface area contributed by atoms with Crippen molar-refractivity contribution in [2.24, 2.45) is 0 Å². The lowest BCUT2D eigenvalue weighted by Crippen LogP contribution is -2.13. The van der Waals surface area contributed by atoms with E-state index in [9.17, 15) is 10.1 Å². The number of carbonyl (C=O) groups is 1. The van der Waals surface area contributed by atoms with Crippen LogP contribution in [0.15, 0.2) is 66.2 Å². The summed E-state index contributed by atoms with van der Waals surface area (Å²) in [4.78, 5) is 12.5. The van der Waals surface area contributed by atoms with E-state index in [1.54, 1.807) is 18.2 Å². The Labute approximate surface area is 191 Å². The second kappa shape index (κ2) is 10.2.